The normalized spacial score (nSPS) is 19.0. The van der Waals surface area contributed by atoms with Gasteiger partial charge in [-0.25, -0.2) is 4.90 Å². The number of ether oxygens (including phenoxy) is 1. The molecule has 2 aliphatic rings. The maximum Gasteiger partial charge on any atom is 0.256 e. The van der Waals surface area contributed by atoms with Crippen LogP contribution in [0.15, 0.2) is 48.5 Å². The highest BCUT2D eigenvalue weighted by Gasteiger charge is 2.39. The van der Waals surface area contributed by atoms with Crippen molar-refractivity contribution in [3.8, 4) is 5.75 Å². The van der Waals surface area contributed by atoms with Crippen molar-refractivity contribution in [2.45, 2.75) is 38.6 Å². The highest BCUT2D eigenvalue weighted by molar-refractivity contribution is 6.23. The van der Waals surface area contributed by atoms with E-state index in [1.807, 2.05) is 31.2 Å². The second-order valence-electron chi connectivity index (χ2n) is 7.51. The molecule has 1 unspecified atom stereocenters. The molecule has 2 aromatic rings. The molecule has 0 aliphatic carbocycles. The van der Waals surface area contributed by atoms with E-state index in [1.165, 1.54) is 4.90 Å². The number of carbonyl (C=O) groups excluding carboxylic acids is 3. The van der Waals surface area contributed by atoms with Crippen molar-refractivity contribution in [1.29, 1.82) is 0 Å². The van der Waals surface area contributed by atoms with Gasteiger partial charge in [0.15, 0.2) is 0 Å². The van der Waals surface area contributed by atoms with Gasteiger partial charge in [0.25, 0.3) is 5.91 Å². The Morgan fingerprint density at radius 2 is 1.83 bits per heavy atom. The number of imide groups is 1. The van der Waals surface area contributed by atoms with Crippen LogP contribution in [0, 0.1) is 0 Å². The second kappa shape index (κ2) is 8.57. The van der Waals surface area contributed by atoms with Crippen LogP contribution in [0.3, 0.4) is 0 Å². The molecule has 3 amide bonds. The smallest absolute Gasteiger partial charge is 0.256 e. The van der Waals surface area contributed by atoms with Gasteiger partial charge >= 0.3 is 0 Å². The summed E-state index contributed by atoms with van der Waals surface area (Å²) in [6.45, 7) is 3.35. The van der Waals surface area contributed by atoms with Crippen molar-refractivity contribution in [2.75, 3.05) is 28.3 Å². The molecule has 0 aromatic heterocycles. The number of carbonyl (C=O) groups is 3. The lowest BCUT2D eigenvalue weighted by atomic mass is 10.2. The predicted molar refractivity (Wildman–Crippen MR) is 115 cm³/mol. The van der Waals surface area contributed by atoms with Crippen molar-refractivity contribution >= 4 is 34.8 Å². The summed E-state index contributed by atoms with van der Waals surface area (Å²) < 4.78 is 5.56. The molecule has 1 N–H and O–H groups in total. The topological polar surface area (TPSA) is 79.0 Å². The lowest BCUT2D eigenvalue weighted by Crippen LogP contribution is -2.34. The molecule has 0 bridgehead atoms. The standard InChI is InChI=1S/C23H25N3O4/c1-2-13-30-19-10-8-17(9-11-19)26-22(28)15-20(23(26)29)24-16-5-3-6-18(14-16)25-12-4-7-21(25)27/h3,5-6,8-11,14,20,24H,2,4,7,12-13,15H2,1H3. The zero-order valence-corrected chi connectivity index (χ0v) is 17.0. The van der Waals surface area contributed by atoms with Crippen molar-refractivity contribution in [3.63, 3.8) is 0 Å². The monoisotopic (exact) mass is 407 g/mol. The number of rotatable bonds is 7. The maximum absolute atomic E-state index is 12.9. The number of anilines is 3. The Bertz CT molecular complexity index is 957. The van der Waals surface area contributed by atoms with Gasteiger partial charge in [0.05, 0.1) is 18.7 Å². The van der Waals surface area contributed by atoms with Gasteiger partial charge in [0.1, 0.15) is 11.8 Å². The lowest BCUT2D eigenvalue weighted by molar-refractivity contribution is -0.121. The van der Waals surface area contributed by atoms with E-state index in [0.29, 0.717) is 36.7 Å². The molecule has 0 saturated carbocycles. The Balaban J connectivity index is 1.46. The molecule has 156 valence electrons. The van der Waals surface area contributed by atoms with Gasteiger partial charge in [-0.2, -0.15) is 0 Å². The van der Waals surface area contributed by atoms with Crippen LogP contribution >= 0.6 is 0 Å². The molecule has 2 fully saturated rings. The first-order valence-corrected chi connectivity index (χ1v) is 10.3. The zero-order valence-electron chi connectivity index (χ0n) is 17.0. The summed E-state index contributed by atoms with van der Waals surface area (Å²) in [7, 11) is 0. The Kier molecular flexibility index (Phi) is 5.70. The highest BCUT2D eigenvalue weighted by atomic mass is 16.5. The van der Waals surface area contributed by atoms with Crippen LogP contribution in [0.4, 0.5) is 17.1 Å². The Morgan fingerprint density at radius 3 is 2.53 bits per heavy atom. The summed E-state index contributed by atoms with van der Waals surface area (Å²) in [4.78, 5) is 40.4. The van der Waals surface area contributed by atoms with E-state index in [0.717, 1.165) is 18.5 Å². The predicted octanol–water partition coefficient (Wildman–Crippen LogP) is 3.35. The molecule has 2 aliphatic heterocycles. The van der Waals surface area contributed by atoms with E-state index in [1.54, 1.807) is 29.2 Å². The van der Waals surface area contributed by atoms with Crippen molar-refractivity contribution in [1.82, 2.24) is 0 Å². The SMILES string of the molecule is CCCOc1ccc(N2C(=O)CC(Nc3cccc(N4CCCC4=O)c3)C2=O)cc1. The number of benzene rings is 2. The third-order valence-electron chi connectivity index (χ3n) is 5.29. The Labute approximate surface area is 175 Å². The number of hydrogen-bond acceptors (Lipinski definition) is 5. The largest absolute Gasteiger partial charge is 0.494 e. The molecule has 4 rings (SSSR count). The van der Waals surface area contributed by atoms with Gasteiger partial charge in [0.2, 0.25) is 11.8 Å². The minimum atomic E-state index is -0.641. The van der Waals surface area contributed by atoms with Gasteiger partial charge in [-0.05, 0) is 55.3 Å². The Morgan fingerprint density at radius 1 is 1.03 bits per heavy atom. The molecule has 2 aromatic carbocycles. The van der Waals surface area contributed by atoms with Crippen molar-refractivity contribution in [3.05, 3.63) is 48.5 Å². The van der Waals surface area contributed by atoms with Gasteiger partial charge in [-0.3, -0.25) is 14.4 Å². The summed E-state index contributed by atoms with van der Waals surface area (Å²) >= 11 is 0. The number of hydrogen-bond donors (Lipinski definition) is 1. The number of amides is 3. The molecular formula is C23H25N3O4. The first-order valence-electron chi connectivity index (χ1n) is 10.3. The summed E-state index contributed by atoms with van der Waals surface area (Å²) in [5.41, 5.74) is 2.05. The third-order valence-corrected chi connectivity index (χ3v) is 5.29. The van der Waals surface area contributed by atoms with E-state index in [9.17, 15) is 14.4 Å². The van der Waals surface area contributed by atoms with Crippen LogP contribution in [-0.4, -0.2) is 36.9 Å². The zero-order chi connectivity index (χ0) is 21.1. The molecule has 0 spiro atoms. The van der Waals surface area contributed by atoms with Crippen molar-refractivity contribution in [2.24, 2.45) is 0 Å². The van der Waals surface area contributed by atoms with Gasteiger partial charge in [0, 0.05) is 24.3 Å². The molecule has 0 radical (unpaired) electrons. The minimum Gasteiger partial charge on any atom is -0.494 e. The average molecular weight is 407 g/mol. The fraction of sp³-hybridized carbons (Fsp3) is 0.348. The van der Waals surface area contributed by atoms with E-state index in [2.05, 4.69) is 5.32 Å². The first-order chi connectivity index (χ1) is 14.6. The fourth-order valence-corrected chi connectivity index (χ4v) is 3.81. The number of nitrogens with zero attached hydrogens (tertiary/aromatic N) is 2. The second-order valence-corrected chi connectivity index (χ2v) is 7.51. The van der Waals surface area contributed by atoms with Crippen LogP contribution < -0.4 is 19.9 Å². The van der Waals surface area contributed by atoms with Crippen LogP contribution in [0.2, 0.25) is 0 Å². The quantitative estimate of drug-likeness (QED) is 0.712. The van der Waals surface area contributed by atoms with Gasteiger partial charge < -0.3 is 15.0 Å². The van der Waals surface area contributed by atoms with E-state index < -0.39 is 6.04 Å². The van der Waals surface area contributed by atoms with E-state index in [4.69, 9.17) is 4.74 Å². The first kappa shape index (κ1) is 19.9. The molecule has 30 heavy (non-hydrogen) atoms. The highest BCUT2D eigenvalue weighted by Crippen LogP contribution is 2.29. The molecule has 1 atom stereocenters. The Hall–Kier alpha value is -3.35. The van der Waals surface area contributed by atoms with Crippen LogP contribution in [-0.2, 0) is 14.4 Å². The van der Waals surface area contributed by atoms with Gasteiger partial charge in [-0.15, -0.1) is 0 Å². The summed E-state index contributed by atoms with van der Waals surface area (Å²) in [5.74, 6) is 0.287. The minimum absolute atomic E-state index is 0.0831. The molecule has 2 saturated heterocycles. The fourth-order valence-electron chi connectivity index (χ4n) is 3.81. The molecule has 7 heteroatoms. The number of nitrogens with one attached hydrogen (secondary N) is 1. The molecule has 7 nitrogen and oxygen atoms in total. The average Bonchev–Trinajstić information content (AvgIpc) is 3.30. The lowest BCUT2D eigenvalue weighted by Gasteiger charge is -2.19. The van der Waals surface area contributed by atoms with E-state index >= 15 is 0 Å². The summed E-state index contributed by atoms with van der Waals surface area (Å²) in [6, 6.07) is 13.8. The van der Waals surface area contributed by atoms with Crippen LogP contribution in [0.5, 0.6) is 5.75 Å². The third kappa shape index (κ3) is 4.01. The summed E-state index contributed by atoms with van der Waals surface area (Å²) in [5, 5.41) is 3.16. The molecule has 2 heterocycles. The van der Waals surface area contributed by atoms with Crippen LogP contribution in [0.1, 0.15) is 32.6 Å². The van der Waals surface area contributed by atoms with Gasteiger partial charge in [-0.1, -0.05) is 13.0 Å². The maximum atomic E-state index is 12.9. The van der Waals surface area contributed by atoms with Crippen molar-refractivity contribution < 1.29 is 19.1 Å². The molecular weight excluding hydrogens is 382 g/mol. The summed E-state index contributed by atoms with van der Waals surface area (Å²) in [6.07, 6.45) is 2.40. The van der Waals surface area contributed by atoms with E-state index in [-0.39, 0.29) is 24.1 Å². The van der Waals surface area contributed by atoms with Crippen LogP contribution in [0.25, 0.3) is 0 Å².